The summed E-state index contributed by atoms with van der Waals surface area (Å²) >= 11 is 6.01. The first-order valence-corrected chi connectivity index (χ1v) is 11.1. The maximum Gasteiger partial charge on any atom is 0.337 e. The van der Waals surface area contributed by atoms with Crippen molar-refractivity contribution in [3.63, 3.8) is 0 Å². The molecular weight excluding hydrogens is 447 g/mol. The van der Waals surface area contributed by atoms with Crippen molar-refractivity contribution in [3.8, 4) is 5.69 Å². The van der Waals surface area contributed by atoms with Crippen LogP contribution in [0.25, 0.3) is 16.9 Å². The highest BCUT2D eigenvalue weighted by Crippen LogP contribution is 2.28. The van der Waals surface area contributed by atoms with E-state index in [0.29, 0.717) is 23.4 Å². The number of carbonyl (C=O) groups excluding carboxylic acids is 1. The van der Waals surface area contributed by atoms with Crippen molar-refractivity contribution in [2.75, 3.05) is 0 Å². The van der Waals surface area contributed by atoms with E-state index < -0.39 is 17.1 Å². The summed E-state index contributed by atoms with van der Waals surface area (Å²) in [5.74, 6) is -0.770. The van der Waals surface area contributed by atoms with Crippen LogP contribution in [0, 0.1) is 5.82 Å². The van der Waals surface area contributed by atoms with Gasteiger partial charge in [-0.2, -0.15) is 0 Å². The molecule has 1 aliphatic rings. The van der Waals surface area contributed by atoms with Gasteiger partial charge in [0.05, 0.1) is 18.6 Å². The third-order valence-corrected chi connectivity index (χ3v) is 6.30. The molecule has 0 spiro atoms. The number of aromatic nitrogens is 4. The highest BCUT2D eigenvalue weighted by molar-refractivity contribution is 6.31. The van der Waals surface area contributed by atoms with Crippen LogP contribution in [0.2, 0.25) is 5.02 Å². The van der Waals surface area contributed by atoms with E-state index in [1.165, 1.54) is 38.2 Å². The van der Waals surface area contributed by atoms with Gasteiger partial charge in [-0.1, -0.05) is 42.6 Å². The van der Waals surface area contributed by atoms with Crippen LogP contribution in [0.4, 0.5) is 4.39 Å². The molecule has 2 aromatic heterocycles. The number of benzene rings is 2. The predicted molar refractivity (Wildman–Crippen MR) is 123 cm³/mol. The number of imidazole rings is 1. The molecule has 1 saturated carbocycles. The fourth-order valence-electron chi connectivity index (χ4n) is 4.51. The summed E-state index contributed by atoms with van der Waals surface area (Å²) in [5.41, 5.74) is -0.172. The van der Waals surface area contributed by atoms with Crippen molar-refractivity contribution >= 4 is 28.5 Å². The van der Waals surface area contributed by atoms with Crippen LogP contribution >= 0.6 is 11.6 Å². The van der Waals surface area contributed by atoms with Gasteiger partial charge in [-0.3, -0.25) is 14.2 Å². The first-order chi connectivity index (χ1) is 15.9. The molecule has 2 heterocycles. The van der Waals surface area contributed by atoms with Crippen molar-refractivity contribution in [2.45, 2.75) is 38.3 Å². The number of hydrogen-bond acceptors (Lipinski definition) is 4. The van der Waals surface area contributed by atoms with E-state index >= 15 is 0 Å². The number of hydrogen-bond donors (Lipinski definition) is 0. The molecule has 0 atom stereocenters. The fraction of sp³-hybridized carbons (Fsp3) is 0.250. The maximum absolute atomic E-state index is 14.0. The zero-order valence-electron chi connectivity index (χ0n) is 17.6. The molecule has 168 valence electrons. The van der Waals surface area contributed by atoms with Gasteiger partial charge in [-0.05, 0) is 43.2 Å². The quantitative estimate of drug-likeness (QED) is 0.414. The molecule has 0 saturated heterocycles. The topological polar surface area (TPSA) is 78.9 Å². The lowest BCUT2D eigenvalue weighted by Crippen LogP contribution is -2.42. The lowest BCUT2D eigenvalue weighted by atomic mass is 10.1. The minimum atomic E-state index is -0.559. The molecule has 0 aliphatic heterocycles. The Balaban J connectivity index is 1.72. The van der Waals surface area contributed by atoms with Crippen molar-refractivity contribution < 1.29 is 9.18 Å². The summed E-state index contributed by atoms with van der Waals surface area (Å²) in [6.07, 6.45) is 4.61. The monoisotopic (exact) mass is 466 g/mol. The Labute approximate surface area is 192 Å². The first kappa shape index (κ1) is 21.3. The third kappa shape index (κ3) is 3.80. The van der Waals surface area contributed by atoms with E-state index in [9.17, 15) is 18.8 Å². The Kier molecular flexibility index (Phi) is 5.46. The minimum absolute atomic E-state index is 0.0868. The molecule has 5 rings (SSSR count). The molecule has 33 heavy (non-hydrogen) atoms. The van der Waals surface area contributed by atoms with E-state index in [1.54, 1.807) is 30.3 Å². The van der Waals surface area contributed by atoms with E-state index in [4.69, 9.17) is 11.6 Å². The standard InChI is InChI=1S/C24H20ClFN4O3/c25-16-6-3-5-15(11-16)20(31)13-28-14-27-22-21(28)23(32)30(18-8-1-2-9-18)24(33)29(22)19-10-4-7-17(26)12-19/h3-7,10-12,14,18H,1-2,8-9,13H2. The van der Waals surface area contributed by atoms with Crippen LogP contribution in [0.3, 0.4) is 0 Å². The number of Topliss-reactive ketones (excluding diaryl/α,β-unsaturated/α-hetero) is 1. The van der Waals surface area contributed by atoms with Crippen molar-refractivity contribution in [1.29, 1.82) is 0 Å². The molecule has 7 nitrogen and oxygen atoms in total. The van der Waals surface area contributed by atoms with Crippen LogP contribution < -0.4 is 11.2 Å². The Bertz CT molecular complexity index is 1500. The molecule has 0 unspecified atom stereocenters. The Morgan fingerprint density at radius 3 is 2.58 bits per heavy atom. The number of halogens is 2. The van der Waals surface area contributed by atoms with Crippen LogP contribution in [0.1, 0.15) is 42.1 Å². The highest BCUT2D eigenvalue weighted by Gasteiger charge is 2.26. The van der Waals surface area contributed by atoms with Gasteiger partial charge in [-0.25, -0.2) is 18.7 Å². The van der Waals surface area contributed by atoms with E-state index in [-0.39, 0.29) is 35.2 Å². The van der Waals surface area contributed by atoms with Crippen molar-refractivity contribution in [1.82, 2.24) is 18.7 Å². The lowest BCUT2D eigenvalue weighted by molar-refractivity contribution is 0.0973. The number of rotatable bonds is 5. The van der Waals surface area contributed by atoms with Gasteiger partial charge >= 0.3 is 5.69 Å². The van der Waals surface area contributed by atoms with Crippen molar-refractivity contribution in [3.05, 3.63) is 92.1 Å². The van der Waals surface area contributed by atoms with Gasteiger partial charge in [0.1, 0.15) is 5.82 Å². The predicted octanol–water partition coefficient (Wildman–Crippen LogP) is 4.14. The maximum atomic E-state index is 14.0. The lowest BCUT2D eigenvalue weighted by Gasteiger charge is -2.17. The molecule has 9 heteroatoms. The van der Waals surface area contributed by atoms with Crippen LogP contribution in [-0.4, -0.2) is 24.5 Å². The normalized spacial score (nSPS) is 14.2. The smallest absolute Gasteiger partial charge is 0.317 e. The Morgan fingerprint density at radius 2 is 1.85 bits per heavy atom. The second-order valence-electron chi connectivity index (χ2n) is 8.19. The summed E-state index contributed by atoms with van der Waals surface area (Å²) in [4.78, 5) is 44.2. The van der Waals surface area contributed by atoms with E-state index in [1.807, 2.05) is 0 Å². The van der Waals surface area contributed by atoms with Crippen molar-refractivity contribution in [2.24, 2.45) is 0 Å². The zero-order chi connectivity index (χ0) is 23.1. The summed E-state index contributed by atoms with van der Waals surface area (Å²) in [5, 5.41) is 0.430. The average molecular weight is 467 g/mol. The second-order valence-corrected chi connectivity index (χ2v) is 8.63. The highest BCUT2D eigenvalue weighted by atomic mass is 35.5. The zero-order valence-corrected chi connectivity index (χ0v) is 18.3. The third-order valence-electron chi connectivity index (χ3n) is 6.07. The van der Waals surface area contributed by atoms with Gasteiger partial charge < -0.3 is 4.57 Å². The summed E-state index contributed by atoms with van der Waals surface area (Å²) in [6.45, 7) is -0.155. The van der Waals surface area contributed by atoms with Crippen LogP contribution in [-0.2, 0) is 6.54 Å². The second kappa shape index (κ2) is 8.44. The number of nitrogens with zero attached hydrogens (tertiary/aromatic N) is 4. The van der Waals surface area contributed by atoms with Gasteiger partial charge in [0.25, 0.3) is 5.56 Å². The van der Waals surface area contributed by atoms with Crippen LogP contribution in [0.5, 0.6) is 0 Å². The van der Waals surface area contributed by atoms with Gasteiger partial charge in [-0.15, -0.1) is 0 Å². The van der Waals surface area contributed by atoms with Gasteiger partial charge in [0, 0.05) is 16.6 Å². The van der Waals surface area contributed by atoms with Gasteiger partial charge in [0.2, 0.25) is 0 Å². The Hall–Kier alpha value is -3.52. The number of ketones is 1. The van der Waals surface area contributed by atoms with E-state index in [2.05, 4.69) is 4.98 Å². The summed E-state index contributed by atoms with van der Waals surface area (Å²) in [6, 6.07) is 11.9. The molecule has 0 radical (unpaired) electrons. The largest absolute Gasteiger partial charge is 0.337 e. The van der Waals surface area contributed by atoms with Gasteiger partial charge in [0.15, 0.2) is 16.9 Å². The summed E-state index contributed by atoms with van der Waals surface area (Å²) in [7, 11) is 0. The van der Waals surface area contributed by atoms with Crippen LogP contribution in [0.15, 0.2) is 64.4 Å². The molecule has 0 amide bonds. The molecule has 1 aliphatic carbocycles. The fourth-order valence-corrected chi connectivity index (χ4v) is 4.70. The molecule has 2 aromatic carbocycles. The molecule has 0 N–H and O–H groups in total. The minimum Gasteiger partial charge on any atom is -0.317 e. The first-order valence-electron chi connectivity index (χ1n) is 10.7. The summed E-state index contributed by atoms with van der Waals surface area (Å²) < 4.78 is 17.9. The van der Waals surface area contributed by atoms with E-state index in [0.717, 1.165) is 12.8 Å². The SMILES string of the molecule is O=C(Cn1cnc2c1c(=O)n(C1CCCC1)c(=O)n2-c1cccc(F)c1)c1cccc(Cl)c1. The average Bonchev–Trinajstić information content (AvgIpc) is 3.45. The molecule has 4 aromatic rings. The molecule has 0 bridgehead atoms. The Morgan fingerprint density at radius 1 is 1.09 bits per heavy atom. The molecule has 1 fully saturated rings. The number of fused-ring (bicyclic) bond motifs is 1. The molecular formula is C24H20ClFN4O3. The number of carbonyl (C=O) groups is 1.